The van der Waals surface area contributed by atoms with E-state index in [-0.39, 0.29) is 28.9 Å². The van der Waals surface area contributed by atoms with Crippen molar-refractivity contribution >= 4 is 29.2 Å². The van der Waals surface area contributed by atoms with Crippen LogP contribution in [0.2, 0.25) is 0 Å². The number of pyridine rings is 1. The molecule has 3 rings (SSSR count). The van der Waals surface area contributed by atoms with Crippen molar-refractivity contribution in [3.63, 3.8) is 0 Å². The number of hydrogen-bond acceptors (Lipinski definition) is 5. The number of alkyl halides is 4. The van der Waals surface area contributed by atoms with Gasteiger partial charge in [-0.2, -0.15) is 18.3 Å². The average molecular weight is 479 g/mol. The van der Waals surface area contributed by atoms with E-state index in [1.54, 1.807) is 32.9 Å². The third-order valence-electron chi connectivity index (χ3n) is 4.52. The van der Waals surface area contributed by atoms with Crippen LogP contribution in [0.1, 0.15) is 46.7 Å². The number of hydrogen-bond donors (Lipinski definition) is 1. The van der Waals surface area contributed by atoms with Gasteiger partial charge >= 0.3 is 11.6 Å². The van der Waals surface area contributed by atoms with Gasteiger partial charge in [-0.1, -0.05) is 19.9 Å². The van der Waals surface area contributed by atoms with Crippen LogP contribution in [0.4, 0.5) is 28.2 Å². The number of piperidine rings is 1. The fourth-order valence-electron chi connectivity index (χ4n) is 3.26. The molecule has 0 bridgehead atoms. The summed E-state index contributed by atoms with van der Waals surface area (Å²) < 4.78 is 60.1. The van der Waals surface area contributed by atoms with E-state index >= 15 is 0 Å². The standard InChI is InChI=1S/C19H24F4N4O2S.C2H6/c1-11-16(30-19(21,22)23)14-6-5-7-15(27(14)25-11)24-13-8-9-26(10-12(13)20)17(28)29-18(2,3)4;1-2/h5-7,12-13,24H,8-10H2,1-4H3;1-2H3. The number of fused-ring (bicyclic) bond motifs is 1. The number of nitrogens with one attached hydrogen (secondary N) is 1. The van der Waals surface area contributed by atoms with Gasteiger partial charge in [0.05, 0.1) is 28.7 Å². The molecular weight excluding hydrogens is 448 g/mol. The molecule has 32 heavy (non-hydrogen) atoms. The number of halogens is 4. The Morgan fingerprint density at radius 1 is 1.25 bits per heavy atom. The maximum absolute atomic E-state index is 14.8. The maximum Gasteiger partial charge on any atom is 0.446 e. The molecule has 2 atom stereocenters. The molecule has 0 saturated carbocycles. The largest absolute Gasteiger partial charge is 0.446 e. The average Bonchev–Trinajstić information content (AvgIpc) is 2.98. The second kappa shape index (κ2) is 10.2. The second-order valence-electron chi connectivity index (χ2n) is 8.15. The van der Waals surface area contributed by atoms with Gasteiger partial charge in [0.2, 0.25) is 0 Å². The number of ether oxygens (including phenoxy) is 1. The van der Waals surface area contributed by atoms with Gasteiger partial charge in [-0.3, -0.25) is 0 Å². The Kier molecular flexibility index (Phi) is 8.30. The Morgan fingerprint density at radius 3 is 2.47 bits per heavy atom. The number of carbonyl (C=O) groups is 1. The van der Waals surface area contributed by atoms with Crippen molar-refractivity contribution in [2.75, 3.05) is 18.4 Å². The molecule has 6 nitrogen and oxygen atoms in total. The van der Waals surface area contributed by atoms with Crippen molar-refractivity contribution in [1.82, 2.24) is 14.5 Å². The molecule has 1 amide bonds. The Balaban J connectivity index is 0.00000176. The zero-order chi connectivity index (χ0) is 24.3. The summed E-state index contributed by atoms with van der Waals surface area (Å²) in [5, 5.41) is 7.24. The summed E-state index contributed by atoms with van der Waals surface area (Å²) in [7, 11) is 0. The van der Waals surface area contributed by atoms with E-state index < -0.39 is 29.4 Å². The molecule has 1 aliphatic rings. The monoisotopic (exact) mass is 478 g/mol. The van der Waals surface area contributed by atoms with Crippen molar-refractivity contribution in [2.24, 2.45) is 0 Å². The molecule has 0 aliphatic carbocycles. The van der Waals surface area contributed by atoms with E-state index in [1.165, 1.54) is 22.4 Å². The highest BCUT2D eigenvalue weighted by molar-refractivity contribution is 8.00. The molecule has 1 aliphatic heterocycles. The lowest BCUT2D eigenvalue weighted by Crippen LogP contribution is -2.51. The number of amides is 1. The molecule has 0 aromatic carbocycles. The fraction of sp³-hybridized carbons (Fsp3) is 0.619. The SMILES string of the molecule is CC.Cc1nn2c(NC3CCN(C(=O)OC(C)(C)C)CC3F)cccc2c1SC(F)(F)F. The zero-order valence-electron chi connectivity index (χ0n) is 19.1. The highest BCUT2D eigenvalue weighted by atomic mass is 32.2. The Morgan fingerprint density at radius 2 is 1.91 bits per heavy atom. The molecule has 11 heteroatoms. The normalized spacial score (nSPS) is 19.4. The van der Waals surface area contributed by atoms with Crippen LogP contribution < -0.4 is 5.32 Å². The number of anilines is 1. The molecule has 0 radical (unpaired) electrons. The van der Waals surface area contributed by atoms with E-state index in [9.17, 15) is 22.4 Å². The molecule has 0 spiro atoms. The fourth-order valence-corrected chi connectivity index (χ4v) is 3.94. The second-order valence-corrected chi connectivity index (χ2v) is 9.23. The van der Waals surface area contributed by atoms with Crippen LogP contribution in [0, 0.1) is 6.92 Å². The lowest BCUT2D eigenvalue weighted by Gasteiger charge is -2.36. The van der Waals surface area contributed by atoms with Crippen molar-refractivity contribution < 1.29 is 27.1 Å². The van der Waals surface area contributed by atoms with Crippen LogP contribution in [0.15, 0.2) is 23.1 Å². The van der Waals surface area contributed by atoms with E-state index in [4.69, 9.17) is 4.74 Å². The number of carbonyl (C=O) groups excluding carboxylic acids is 1. The Labute approximate surface area is 189 Å². The molecule has 180 valence electrons. The quantitative estimate of drug-likeness (QED) is 0.431. The van der Waals surface area contributed by atoms with Crippen LogP contribution in [0.5, 0.6) is 0 Å². The third-order valence-corrected chi connectivity index (χ3v) is 5.46. The number of rotatable bonds is 3. The van der Waals surface area contributed by atoms with Gasteiger partial charge in [0.15, 0.2) is 0 Å². The summed E-state index contributed by atoms with van der Waals surface area (Å²) in [4.78, 5) is 13.5. The predicted molar refractivity (Wildman–Crippen MR) is 118 cm³/mol. The smallest absolute Gasteiger partial charge is 0.444 e. The summed E-state index contributed by atoms with van der Waals surface area (Å²) in [6.07, 6.45) is -1.62. The Hall–Kier alpha value is -2.17. The first-order valence-electron chi connectivity index (χ1n) is 10.5. The van der Waals surface area contributed by atoms with Gasteiger partial charge in [-0.25, -0.2) is 13.7 Å². The maximum atomic E-state index is 14.8. The van der Waals surface area contributed by atoms with Crippen molar-refractivity contribution in [1.29, 1.82) is 0 Å². The van der Waals surface area contributed by atoms with Gasteiger partial charge in [-0.15, -0.1) is 0 Å². The van der Waals surface area contributed by atoms with Gasteiger partial charge < -0.3 is 15.0 Å². The molecule has 1 fully saturated rings. The lowest BCUT2D eigenvalue weighted by atomic mass is 10.0. The predicted octanol–water partition coefficient (Wildman–Crippen LogP) is 6.04. The third kappa shape index (κ3) is 6.66. The summed E-state index contributed by atoms with van der Waals surface area (Å²) >= 11 is -0.217. The zero-order valence-corrected chi connectivity index (χ0v) is 19.9. The molecule has 1 N–H and O–H groups in total. The summed E-state index contributed by atoms with van der Waals surface area (Å²) in [5.41, 5.74) is -4.57. The highest BCUT2D eigenvalue weighted by Gasteiger charge is 2.35. The number of aromatic nitrogens is 2. The summed E-state index contributed by atoms with van der Waals surface area (Å²) in [6.45, 7) is 10.9. The Bertz CT molecular complexity index is 927. The molecule has 2 aromatic heterocycles. The highest BCUT2D eigenvalue weighted by Crippen LogP contribution is 2.41. The lowest BCUT2D eigenvalue weighted by molar-refractivity contribution is -0.0328. The first-order valence-corrected chi connectivity index (χ1v) is 11.3. The van der Waals surface area contributed by atoms with E-state index in [0.29, 0.717) is 24.3 Å². The summed E-state index contributed by atoms with van der Waals surface area (Å²) in [5.74, 6) is 0.392. The first-order chi connectivity index (χ1) is 14.8. The minimum atomic E-state index is -4.43. The van der Waals surface area contributed by atoms with Gasteiger partial charge in [0, 0.05) is 6.54 Å². The molecule has 2 aromatic rings. The van der Waals surface area contributed by atoms with E-state index in [2.05, 4.69) is 10.4 Å². The molecular formula is C21H30F4N4O2S. The van der Waals surface area contributed by atoms with Gasteiger partial charge in [0.1, 0.15) is 17.6 Å². The molecule has 1 saturated heterocycles. The number of likely N-dealkylation sites (tertiary alicyclic amines) is 1. The van der Waals surface area contributed by atoms with Crippen molar-refractivity contribution in [3.8, 4) is 0 Å². The van der Waals surface area contributed by atoms with Crippen LogP contribution in [-0.2, 0) is 4.74 Å². The van der Waals surface area contributed by atoms with Gasteiger partial charge in [-0.05, 0) is 58.0 Å². The number of thioether (sulfide) groups is 1. The topological polar surface area (TPSA) is 58.9 Å². The number of nitrogens with zero attached hydrogens (tertiary/aromatic N) is 3. The van der Waals surface area contributed by atoms with Crippen LogP contribution in [-0.4, -0.2) is 57.0 Å². The van der Waals surface area contributed by atoms with Crippen LogP contribution in [0.25, 0.3) is 5.52 Å². The van der Waals surface area contributed by atoms with Crippen molar-refractivity contribution in [3.05, 3.63) is 23.9 Å². The minimum absolute atomic E-state index is 0.0164. The molecule has 2 unspecified atom stereocenters. The summed E-state index contributed by atoms with van der Waals surface area (Å²) in [6, 6.07) is 4.16. The van der Waals surface area contributed by atoms with Crippen molar-refractivity contribution in [2.45, 2.75) is 76.2 Å². The van der Waals surface area contributed by atoms with Crippen LogP contribution in [0.3, 0.4) is 0 Å². The number of aryl methyl sites for hydroxylation is 1. The van der Waals surface area contributed by atoms with Gasteiger partial charge in [0.25, 0.3) is 0 Å². The molecule has 3 heterocycles. The van der Waals surface area contributed by atoms with Crippen LogP contribution >= 0.6 is 11.8 Å². The first kappa shape index (κ1) is 26.1. The van der Waals surface area contributed by atoms with E-state index in [1.807, 2.05) is 13.8 Å². The minimum Gasteiger partial charge on any atom is -0.444 e. The van der Waals surface area contributed by atoms with E-state index in [0.717, 1.165) is 0 Å².